The first kappa shape index (κ1) is 40.9. The molecule has 0 aliphatic heterocycles. The van der Waals surface area contributed by atoms with Gasteiger partial charge >= 0.3 is 0 Å². The molecule has 0 aromatic heterocycles. The molecule has 0 bridgehead atoms. The van der Waals surface area contributed by atoms with Gasteiger partial charge in [-0.1, -0.05) is 174 Å². The van der Waals surface area contributed by atoms with Crippen molar-refractivity contribution >= 4 is 125 Å². The molecule has 0 aliphatic carbocycles. The molecule has 0 aliphatic rings. The van der Waals surface area contributed by atoms with Gasteiger partial charge in [-0.05, 0) is 160 Å². The lowest BCUT2D eigenvalue weighted by molar-refractivity contribution is 1.34. The van der Waals surface area contributed by atoms with E-state index in [-0.39, 0.29) is 13.4 Å². The molecule has 6 heteroatoms. The Bertz CT molecular complexity index is 2700. The van der Waals surface area contributed by atoms with Crippen LogP contribution in [0.3, 0.4) is 0 Å². The van der Waals surface area contributed by atoms with Crippen LogP contribution in [0.25, 0.3) is 32.3 Å². The van der Waals surface area contributed by atoms with Crippen molar-refractivity contribution in [3.8, 4) is 0 Å². The minimum atomic E-state index is -0.104. The Morgan fingerprint density at radius 1 is 0.310 bits per heavy atom. The highest BCUT2D eigenvalue weighted by Gasteiger charge is 2.35. The summed E-state index contributed by atoms with van der Waals surface area (Å²) in [4.78, 5) is 0. The minimum Gasteiger partial charge on any atom is -0.0838 e. The Hall–Kier alpha value is -3.91. The normalized spacial score (nSPS) is 11.8. The molecule has 290 valence electrons. The van der Waals surface area contributed by atoms with E-state index in [0.717, 1.165) is 64.6 Å². The molecule has 0 saturated heterocycles. The predicted octanol–water partition coefficient (Wildman–Crippen LogP) is 11.9. The van der Waals surface area contributed by atoms with Crippen LogP contribution < -0.4 is 32.8 Å². The van der Waals surface area contributed by atoms with Gasteiger partial charge < -0.3 is 0 Å². The highest BCUT2D eigenvalue weighted by Crippen LogP contribution is 2.35. The fourth-order valence-electron chi connectivity index (χ4n) is 10.7. The van der Waals surface area contributed by atoms with Gasteiger partial charge in [-0.2, -0.15) is 0 Å². The second-order valence-electron chi connectivity index (χ2n) is 17.1. The molecular weight excluding hydrogens is 788 g/mol. The summed E-state index contributed by atoms with van der Waals surface area (Å²) in [6.45, 7) is 25.8. The maximum Gasteiger partial charge on any atom is 0.243 e. The highest BCUT2D eigenvalue weighted by molar-refractivity contribution is 6.99. The lowest BCUT2D eigenvalue weighted by atomic mass is 9.33. The lowest BCUT2D eigenvalue weighted by Gasteiger charge is -2.28. The summed E-state index contributed by atoms with van der Waals surface area (Å²) >= 11 is 28.6. The summed E-state index contributed by atoms with van der Waals surface area (Å²) in [5, 5.41) is 10.7. The average molecular weight is 836 g/mol. The number of aryl methyl sites for hydroxylation is 8. The number of halogens is 4. The van der Waals surface area contributed by atoms with Crippen LogP contribution in [0.2, 0.25) is 20.1 Å². The van der Waals surface area contributed by atoms with Crippen molar-refractivity contribution in [1.82, 2.24) is 0 Å². The molecular formula is C52H48B2Cl4. The summed E-state index contributed by atoms with van der Waals surface area (Å²) in [5.74, 6) is 0. The van der Waals surface area contributed by atoms with Crippen molar-refractivity contribution in [3.05, 3.63) is 160 Å². The first-order valence-corrected chi connectivity index (χ1v) is 21.7. The fraction of sp³-hybridized carbons (Fsp3) is 0.231. The molecule has 0 amide bonds. The average Bonchev–Trinajstić information content (AvgIpc) is 3.18. The van der Waals surface area contributed by atoms with E-state index in [1.807, 2.05) is 0 Å². The van der Waals surface area contributed by atoms with E-state index >= 15 is 0 Å². The Kier molecular flexibility index (Phi) is 10.5. The summed E-state index contributed by atoms with van der Waals surface area (Å²) in [6.07, 6.45) is 0. The van der Waals surface area contributed by atoms with Crippen LogP contribution in [-0.4, -0.2) is 13.4 Å². The van der Waals surface area contributed by atoms with Crippen LogP contribution in [0.4, 0.5) is 0 Å². The van der Waals surface area contributed by atoms with Gasteiger partial charge in [-0.15, -0.1) is 0 Å². The first-order valence-electron chi connectivity index (χ1n) is 20.2. The third-order valence-electron chi connectivity index (χ3n) is 13.3. The molecule has 0 saturated carbocycles. The third kappa shape index (κ3) is 6.20. The second-order valence-corrected chi connectivity index (χ2v) is 18.6. The molecule has 58 heavy (non-hydrogen) atoms. The van der Waals surface area contributed by atoms with Gasteiger partial charge in [0, 0.05) is 20.1 Å². The molecule has 0 spiro atoms. The summed E-state index contributed by atoms with van der Waals surface area (Å²) in [6, 6.07) is 27.6. The quantitative estimate of drug-likeness (QED) is 0.116. The zero-order valence-corrected chi connectivity index (χ0v) is 38.6. The molecule has 0 heterocycles. The number of rotatable bonds is 6. The van der Waals surface area contributed by atoms with E-state index in [1.54, 1.807) is 0 Å². The van der Waals surface area contributed by atoms with Gasteiger partial charge in [0.05, 0.1) is 0 Å². The smallest absolute Gasteiger partial charge is 0.0838 e. The number of hydrogen-bond acceptors (Lipinski definition) is 0. The number of hydrogen-bond donors (Lipinski definition) is 0. The molecule has 8 aromatic rings. The minimum absolute atomic E-state index is 0.104. The molecule has 0 fully saturated rings. The Labute approximate surface area is 365 Å². The van der Waals surface area contributed by atoms with Crippen LogP contribution in [0.5, 0.6) is 0 Å². The van der Waals surface area contributed by atoms with E-state index < -0.39 is 0 Å². The van der Waals surface area contributed by atoms with E-state index in [9.17, 15) is 0 Å². The maximum absolute atomic E-state index is 7.14. The molecule has 0 radical (unpaired) electrons. The van der Waals surface area contributed by atoms with E-state index in [0.29, 0.717) is 0 Å². The lowest BCUT2D eigenvalue weighted by Crippen LogP contribution is -2.56. The Morgan fingerprint density at radius 2 is 0.552 bits per heavy atom. The molecule has 8 aromatic carbocycles. The van der Waals surface area contributed by atoms with Crippen LogP contribution in [0.1, 0.15) is 66.8 Å². The SMILES string of the molecule is Cc1cc(C)c(B(c2c(C)cc(C)c(Cl)c2C)c2ccc3ccc4ccc(B(c5c(C)cc(C)c(Cl)c5C)c5c(C)cc(C)c(Cl)c5C)c5ccc2c3c45)c(C)c1Cl. The van der Waals surface area contributed by atoms with E-state index in [1.165, 1.54) is 87.3 Å². The zero-order valence-electron chi connectivity index (χ0n) is 35.6. The second kappa shape index (κ2) is 15.0. The third-order valence-corrected chi connectivity index (χ3v) is 15.6. The summed E-state index contributed by atoms with van der Waals surface area (Å²) in [7, 11) is 0. The van der Waals surface area contributed by atoms with Gasteiger partial charge in [0.25, 0.3) is 0 Å². The van der Waals surface area contributed by atoms with Gasteiger partial charge in [0.1, 0.15) is 0 Å². The molecule has 0 N–H and O–H groups in total. The largest absolute Gasteiger partial charge is 0.243 e. The first-order chi connectivity index (χ1) is 27.4. The zero-order chi connectivity index (χ0) is 41.8. The fourth-order valence-corrected chi connectivity index (χ4v) is 11.4. The van der Waals surface area contributed by atoms with Gasteiger partial charge in [0.2, 0.25) is 13.4 Å². The van der Waals surface area contributed by atoms with E-state index in [4.69, 9.17) is 46.4 Å². The molecule has 8 rings (SSSR count). The summed E-state index contributed by atoms with van der Waals surface area (Å²) in [5.41, 5.74) is 21.1. The molecule has 0 unspecified atom stereocenters. The topological polar surface area (TPSA) is 0 Å². The highest BCUT2D eigenvalue weighted by atomic mass is 35.5. The van der Waals surface area contributed by atoms with Crippen LogP contribution in [-0.2, 0) is 0 Å². The van der Waals surface area contributed by atoms with Crippen LogP contribution in [0.15, 0.2) is 72.8 Å². The van der Waals surface area contributed by atoms with Crippen molar-refractivity contribution in [2.24, 2.45) is 0 Å². The van der Waals surface area contributed by atoms with Crippen molar-refractivity contribution in [2.45, 2.75) is 83.1 Å². The van der Waals surface area contributed by atoms with Gasteiger partial charge in [-0.25, -0.2) is 0 Å². The molecule has 0 atom stereocenters. The van der Waals surface area contributed by atoms with Gasteiger partial charge in [0.15, 0.2) is 0 Å². The number of benzene rings is 8. The summed E-state index contributed by atoms with van der Waals surface area (Å²) < 4.78 is 0. The Morgan fingerprint density at radius 3 is 0.810 bits per heavy atom. The predicted molar refractivity (Wildman–Crippen MR) is 262 cm³/mol. The van der Waals surface area contributed by atoms with Gasteiger partial charge in [-0.3, -0.25) is 0 Å². The van der Waals surface area contributed by atoms with E-state index in [2.05, 4.69) is 156 Å². The molecule has 0 nitrogen and oxygen atoms in total. The Balaban J connectivity index is 1.51. The van der Waals surface area contributed by atoms with Crippen molar-refractivity contribution in [3.63, 3.8) is 0 Å². The monoisotopic (exact) mass is 834 g/mol. The standard InChI is InChI=1S/C52H48B2Cl4/c1-25-21-29(5)49(55)33(9)45(25)53(46-26(2)22-30(6)50(56)34(46)10)41-19-15-37-13-14-38-16-20-42(40-18-17-39(41)43(37)44(38)40)54(47-27(3)23-31(7)51(57)35(47)11)48-28(4)24-32(8)52(58)36(48)12/h13-24H,1-12H3. The van der Waals surface area contributed by atoms with Crippen molar-refractivity contribution < 1.29 is 0 Å². The van der Waals surface area contributed by atoms with Crippen molar-refractivity contribution in [1.29, 1.82) is 0 Å². The maximum atomic E-state index is 7.14. The van der Waals surface area contributed by atoms with Crippen LogP contribution in [0, 0.1) is 83.1 Å². The van der Waals surface area contributed by atoms with Crippen molar-refractivity contribution in [2.75, 3.05) is 0 Å². The van der Waals surface area contributed by atoms with Crippen LogP contribution >= 0.6 is 46.4 Å².